The van der Waals surface area contributed by atoms with Crippen LogP contribution in [0.2, 0.25) is 0 Å². The Balaban J connectivity index is 1.54. The predicted octanol–water partition coefficient (Wildman–Crippen LogP) is 4.36. The number of anilines is 2. The number of hydrogen-bond acceptors (Lipinski definition) is 7. The summed E-state index contributed by atoms with van der Waals surface area (Å²) in [4.78, 5) is 33.7. The summed E-state index contributed by atoms with van der Waals surface area (Å²) in [5.74, 6) is 0.0936. The number of furan rings is 1. The summed E-state index contributed by atoms with van der Waals surface area (Å²) in [5, 5.41) is 11.2. The molecule has 0 atom stereocenters. The Labute approximate surface area is 186 Å². The lowest BCUT2D eigenvalue weighted by molar-refractivity contribution is -0.114. The van der Waals surface area contributed by atoms with Gasteiger partial charge in [0, 0.05) is 19.7 Å². The van der Waals surface area contributed by atoms with Crippen LogP contribution >= 0.6 is 11.3 Å². The zero-order valence-corrected chi connectivity index (χ0v) is 18.3. The molecule has 0 aliphatic heterocycles. The van der Waals surface area contributed by atoms with E-state index in [1.165, 1.54) is 18.3 Å². The number of fused-ring (bicyclic) bond motifs is 2. The highest BCUT2D eigenvalue weighted by Gasteiger charge is 2.21. The molecule has 32 heavy (non-hydrogen) atoms. The third-order valence-corrected chi connectivity index (χ3v) is 5.85. The van der Waals surface area contributed by atoms with Gasteiger partial charge in [0.15, 0.2) is 16.5 Å². The maximum absolute atomic E-state index is 13.3. The van der Waals surface area contributed by atoms with Crippen LogP contribution < -0.4 is 10.6 Å². The summed E-state index contributed by atoms with van der Waals surface area (Å²) >= 11 is 1.33. The number of aromatic nitrogens is 4. The highest BCUT2D eigenvalue weighted by molar-refractivity contribution is 7.22. The van der Waals surface area contributed by atoms with Gasteiger partial charge in [0.05, 0.1) is 33.1 Å². The number of aryl methyl sites for hydroxylation is 2. The van der Waals surface area contributed by atoms with Crippen LogP contribution in [0.5, 0.6) is 0 Å². The van der Waals surface area contributed by atoms with Gasteiger partial charge in [0.2, 0.25) is 5.91 Å². The second-order valence-electron chi connectivity index (χ2n) is 7.28. The number of carbonyl (C=O) groups excluding carboxylic acids is 2. The van der Waals surface area contributed by atoms with Crippen LogP contribution in [0.1, 0.15) is 23.0 Å². The largest absolute Gasteiger partial charge is 0.463 e. The van der Waals surface area contributed by atoms with Gasteiger partial charge in [-0.2, -0.15) is 5.10 Å². The number of nitrogens with one attached hydrogen (secondary N) is 2. The van der Waals surface area contributed by atoms with Gasteiger partial charge in [0.1, 0.15) is 5.69 Å². The highest BCUT2D eigenvalue weighted by atomic mass is 32.1. The molecule has 0 radical (unpaired) electrons. The van der Waals surface area contributed by atoms with Gasteiger partial charge in [-0.25, -0.2) is 9.97 Å². The summed E-state index contributed by atoms with van der Waals surface area (Å²) < 4.78 is 7.98. The molecule has 1 aromatic carbocycles. The van der Waals surface area contributed by atoms with Crippen molar-refractivity contribution in [3.63, 3.8) is 0 Å². The Kier molecular flexibility index (Phi) is 4.71. The first kappa shape index (κ1) is 19.9. The fourth-order valence-corrected chi connectivity index (χ4v) is 4.50. The van der Waals surface area contributed by atoms with Crippen LogP contribution in [0.25, 0.3) is 32.7 Å². The smallest absolute Gasteiger partial charge is 0.258 e. The van der Waals surface area contributed by atoms with E-state index >= 15 is 0 Å². The molecule has 0 aliphatic rings. The van der Waals surface area contributed by atoms with Crippen LogP contribution in [0.4, 0.5) is 10.8 Å². The molecule has 4 heterocycles. The predicted molar refractivity (Wildman–Crippen MR) is 123 cm³/mol. The third kappa shape index (κ3) is 3.50. The van der Waals surface area contributed by atoms with Crippen molar-refractivity contribution in [1.29, 1.82) is 0 Å². The first-order valence-corrected chi connectivity index (χ1v) is 10.6. The van der Waals surface area contributed by atoms with Crippen molar-refractivity contribution in [3.8, 4) is 11.5 Å². The van der Waals surface area contributed by atoms with E-state index < -0.39 is 0 Å². The van der Waals surface area contributed by atoms with Gasteiger partial charge >= 0.3 is 0 Å². The van der Waals surface area contributed by atoms with E-state index in [0.29, 0.717) is 44.6 Å². The van der Waals surface area contributed by atoms with E-state index in [1.54, 1.807) is 48.3 Å². The molecule has 0 bridgehead atoms. The molecule has 0 fully saturated rings. The van der Waals surface area contributed by atoms with E-state index in [9.17, 15) is 9.59 Å². The molecule has 0 saturated carbocycles. The normalized spacial score (nSPS) is 11.2. The molecule has 5 rings (SSSR count). The lowest BCUT2D eigenvalue weighted by Gasteiger charge is -2.06. The molecule has 5 aromatic rings. The Hall–Kier alpha value is -4.05. The van der Waals surface area contributed by atoms with Crippen LogP contribution in [0.3, 0.4) is 0 Å². The molecule has 2 amide bonds. The van der Waals surface area contributed by atoms with Gasteiger partial charge in [-0.05, 0) is 43.3 Å². The number of rotatable bonds is 4. The zero-order valence-electron chi connectivity index (χ0n) is 17.5. The van der Waals surface area contributed by atoms with Crippen LogP contribution in [-0.4, -0.2) is 31.6 Å². The second kappa shape index (κ2) is 7.57. The number of thiazole rings is 1. The van der Waals surface area contributed by atoms with Crippen molar-refractivity contribution in [2.45, 2.75) is 13.8 Å². The average molecular weight is 446 g/mol. The molecule has 4 aromatic heterocycles. The van der Waals surface area contributed by atoms with E-state index in [2.05, 4.69) is 25.7 Å². The van der Waals surface area contributed by atoms with Crippen molar-refractivity contribution in [2.75, 3.05) is 10.6 Å². The fraction of sp³-hybridized carbons (Fsp3) is 0.136. The highest BCUT2D eigenvalue weighted by Crippen LogP contribution is 2.31. The number of benzene rings is 1. The van der Waals surface area contributed by atoms with E-state index in [-0.39, 0.29) is 11.8 Å². The van der Waals surface area contributed by atoms with Crippen LogP contribution in [0.15, 0.2) is 47.1 Å². The topological polar surface area (TPSA) is 115 Å². The molecule has 0 spiro atoms. The fourth-order valence-electron chi connectivity index (χ4n) is 3.60. The van der Waals surface area contributed by atoms with Crippen molar-refractivity contribution in [1.82, 2.24) is 19.7 Å². The number of nitrogens with zero attached hydrogens (tertiary/aromatic N) is 4. The van der Waals surface area contributed by atoms with E-state index in [1.807, 2.05) is 13.0 Å². The molecular weight excluding hydrogens is 428 g/mol. The third-order valence-electron chi connectivity index (χ3n) is 4.92. The van der Waals surface area contributed by atoms with Crippen molar-refractivity contribution < 1.29 is 14.0 Å². The van der Waals surface area contributed by atoms with Gasteiger partial charge in [-0.15, -0.1) is 0 Å². The Morgan fingerprint density at radius 2 is 1.97 bits per heavy atom. The maximum Gasteiger partial charge on any atom is 0.258 e. The van der Waals surface area contributed by atoms with Gasteiger partial charge in [0.25, 0.3) is 5.91 Å². The summed E-state index contributed by atoms with van der Waals surface area (Å²) in [6, 6.07) is 10.7. The number of pyridine rings is 1. The molecule has 160 valence electrons. The molecular formula is C22H18N6O3S. The minimum atomic E-state index is -0.317. The lowest BCUT2D eigenvalue weighted by atomic mass is 10.1. The van der Waals surface area contributed by atoms with Gasteiger partial charge in [-0.1, -0.05) is 11.3 Å². The van der Waals surface area contributed by atoms with Crippen molar-refractivity contribution in [3.05, 3.63) is 53.9 Å². The standard InChI is InChI=1S/C22H18N6O3S/c1-11-19-14(10-16(17-5-4-8-31-17)24-20(19)28(3)27-11)21(30)26-22-25-15-7-6-13(23-12(2)29)9-18(15)32-22/h4-10H,1-3H3,(H,23,29)(H,25,26,30). The molecule has 9 nitrogen and oxygen atoms in total. The number of hydrogen-bond donors (Lipinski definition) is 2. The summed E-state index contributed by atoms with van der Waals surface area (Å²) in [6.45, 7) is 3.30. The van der Waals surface area contributed by atoms with Crippen molar-refractivity contribution >= 4 is 55.2 Å². The lowest BCUT2D eigenvalue weighted by Crippen LogP contribution is -2.13. The molecule has 0 unspecified atom stereocenters. The minimum Gasteiger partial charge on any atom is -0.463 e. The van der Waals surface area contributed by atoms with Crippen LogP contribution in [-0.2, 0) is 11.8 Å². The number of carbonyl (C=O) groups is 2. The second-order valence-corrected chi connectivity index (χ2v) is 8.31. The summed E-state index contributed by atoms with van der Waals surface area (Å²) in [7, 11) is 1.79. The monoisotopic (exact) mass is 446 g/mol. The summed E-state index contributed by atoms with van der Waals surface area (Å²) in [6.07, 6.45) is 1.56. The Morgan fingerprint density at radius 3 is 2.72 bits per heavy atom. The Morgan fingerprint density at radius 1 is 1.12 bits per heavy atom. The number of amides is 2. The Bertz CT molecular complexity index is 1500. The van der Waals surface area contributed by atoms with E-state index in [0.717, 1.165) is 10.2 Å². The van der Waals surface area contributed by atoms with E-state index in [4.69, 9.17) is 4.42 Å². The van der Waals surface area contributed by atoms with Crippen LogP contribution in [0, 0.1) is 6.92 Å². The maximum atomic E-state index is 13.3. The minimum absolute atomic E-state index is 0.150. The molecule has 10 heteroatoms. The van der Waals surface area contributed by atoms with Gasteiger partial charge in [-0.3, -0.25) is 19.6 Å². The molecule has 0 saturated heterocycles. The molecule has 2 N–H and O–H groups in total. The summed E-state index contributed by atoms with van der Waals surface area (Å²) in [5.41, 5.74) is 3.68. The zero-order chi connectivity index (χ0) is 22.4. The molecule has 0 aliphatic carbocycles. The first-order chi connectivity index (χ1) is 15.4. The van der Waals surface area contributed by atoms with Crippen molar-refractivity contribution in [2.24, 2.45) is 7.05 Å². The van der Waals surface area contributed by atoms with Gasteiger partial charge < -0.3 is 9.73 Å². The SMILES string of the molecule is CC(=O)Nc1ccc2nc(NC(=O)c3cc(-c4ccco4)nc4c3c(C)nn4C)sc2c1. The first-order valence-electron chi connectivity index (χ1n) is 9.77. The quantitative estimate of drug-likeness (QED) is 0.424. The average Bonchev–Trinajstić information content (AvgIpc) is 3.46.